The molecule has 2 rings (SSSR count). The van der Waals surface area contributed by atoms with Crippen LogP contribution in [0.25, 0.3) is 0 Å². The summed E-state index contributed by atoms with van der Waals surface area (Å²) in [6.07, 6.45) is 4.41. The lowest BCUT2D eigenvalue weighted by molar-refractivity contribution is 0.260. The van der Waals surface area contributed by atoms with E-state index in [1.54, 1.807) is 6.20 Å². The number of pyridine rings is 1. The standard InChI is InChI=1S/C11H15ClN2/c1-9-3-2-6-14(9)8-10-4-5-13-11(12)7-10/h4-5,7,9H,2-3,6,8H2,1H3. The van der Waals surface area contributed by atoms with Gasteiger partial charge in [0.05, 0.1) is 0 Å². The maximum absolute atomic E-state index is 5.84. The summed E-state index contributed by atoms with van der Waals surface area (Å²) >= 11 is 5.84. The van der Waals surface area contributed by atoms with Crippen molar-refractivity contribution in [1.29, 1.82) is 0 Å². The number of aromatic nitrogens is 1. The molecular weight excluding hydrogens is 196 g/mol. The average Bonchev–Trinajstić information content (AvgIpc) is 2.52. The average molecular weight is 211 g/mol. The molecule has 0 bridgehead atoms. The van der Waals surface area contributed by atoms with E-state index in [1.807, 2.05) is 12.1 Å². The Bertz CT molecular complexity index is 314. The van der Waals surface area contributed by atoms with E-state index in [0.29, 0.717) is 11.2 Å². The third kappa shape index (κ3) is 2.25. The molecule has 1 aromatic rings. The smallest absolute Gasteiger partial charge is 0.129 e. The molecule has 1 unspecified atom stereocenters. The van der Waals surface area contributed by atoms with Crippen LogP contribution in [0.1, 0.15) is 25.3 Å². The molecule has 1 aliphatic rings. The number of rotatable bonds is 2. The van der Waals surface area contributed by atoms with Gasteiger partial charge in [0.15, 0.2) is 0 Å². The molecule has 76 valence electrons. The highest BCUT2D eigenvalue weighted by molar-refractivity contribution is 6.29. The topological polar surface area (TPSA) is 16.1 Å². The van der Waals surface area contributed by atoms with Gasteiger partial charge in [-0.05, 0) is 44.0 Å². The third-order valence-corrected chi connectivity index (χ3v) is 3.07. The second kappa shape index (κ2) is 4.28. The van der Waals surface area contributed by atoms with Crippen LogP contribution in [0.4, 0.5) is 0 Å². The summed E-state index contributed by atoms with van der Waals surface area (Å²) in [6.45, 7) is 4.50. The number of hydrogen-bond acceptors (Lipinski definition) is 2. The number of likely N-dealkylation sites (tertiary alicyclic amines) is 1. The lowest BCUT2D eigenvalue weighted by atomic mass is 10.2. The zero-order chi connectivity index (χ0) is 9.97. The second-order valence-corrected chi connectivity index (χ2v) is 4.34. The van der Waals surface area contributed by atoms with Crippen molar-refractivity contribution in [2.24, 2.45) is 0 Å². The van der Waals surface area contributed by atoms with Crippen molar-refractivity contribution in [3.05, 3.63) is 29.0 Å². The summed E-state index contributed by atoms with van der Waals surface area (Å²) in [7, 11) is 0. The summed E-state index contributed by atoms with van der Waals surface area (Å²) in [4.78, 5) is 6.47. The molecule has 0 spiro atoms. The lowest BCUT2D eigenvalue weighted by Crippen LogP contribution is -2.26. The van der Waals surface area contributed by atoms with Gasteiger partial charge in [-0.25, -0.2) is 4.98 Å². The fraction of sp³-hybridized carbons (Fsp3) is 0.545. The zero-order valence-electron chi connectivity index (χ0n) is 8.41. The van der Waals surface area contributed by atoms with E-state index in [1.165, 1.54) is 24.9 Å². The molecule has 1 aromatic heterocycles. The van der Waals surface area contributed by atoms with E-state index in [4.69, 9.17) is 11.6 Å². The number of nitrogens with zero attached hydrogens (tertiary/aromatic N) is 2. The third-order valence-electron chi connectivity index (χ3n) is 2.87. The number of hydrogen-bond donors (Lipinski definition) is 0. The molecule has 1 aliphatic heterocycles. The van der Waals surface area contributed by atoms with E-state index in [2.05, 4.69) is 16.8 Å². The van der Waals surface area contributed by atoms with Gasteiger partial charge in [0.25, 0.3) is 0 Å². The Morgan fingerprint density at radius 3 is 3.14 bits per heavy atom. The fourth-order valence-corrected chi connectivity index (χ4v) is 2.20. The van der Waals surface area contributed by atoms with Gasteiger partial charge in [0, 0.05) is 18.8 Å². The van der Waals surface area contributed by atoms with Gasteiger partial charge < -0.3 is 0 Å². The molecule has 0 N–H and O–H groups in total. The molecular formula is C11H15ClN2. The van der Waals surface area contributed by atoms with Crippen LogP contribution in [0.3, 0.4) is 0 Å². The SMILES string of the molecule is CC1CCCN1Cc1ccnc(Cl)c1. The molecule has 1 atom stereocenters. The molecule has 2 nitrogen and oxygen atoms in total. The van der Waals surface area contributed by atoms with E-state index < -0.39 is 0 Å². The van der Waals surface area contributed by atoms with Crippen molar-refractivity contribution < 1.29 is 0 Å². The van der Waals surface area contributed by atoms with Gasteiger partial charge in [-0.3, -0.25) is 4.90 Å². The molecule has 0 radical (unpaired) electrons. The summed E-state index contributed by atoms with van der Waals surface area (Å²) in [5.74, 6) is 0. The maximum Gasteiger partial charge on any atom is 0.129 e. The highest BCUT2D eigenvalue weighted by Gasteiger charge is 2.19. The number of halogens is 1. The van der Waals surface area contributed by atoms with Crippen LogP contribution < -0.4 is 0 Å². The fourth-order valence-electron chi connectivity index (χ4n) is 2.00. The first-order valence-corrected chi connectivity index (χ1v) is 5.48. The molecule has 1 saturated heterocycles. The Labute approximate surface area is 89.9 Å². The Morgan fingerprint density at radius 2 is 2.50 bits per heavy atom. The van der Waals surface area contributed by atoms with Gasteiger partial charge in [-0.2, -0.15) is 0 Å². The Kier molecular flexibility index (Phi) is 3.04. The van der Waals surface area contributed by atoms with Gasteiger partial charge in [0.1, 0.15) is 5.15 Å². The minimum absolute atomic E-state index is 0.592. The van der Waals surface area contributed by atoms with Crippen molar-refractivity contribution in [3.8, 4) is 0 Å². The highest BCUT2D eigenvalue weighted by Crippen LogP contribution is 2.19. The Morgan fingerprint density at radius 1 is 1.64 bits per heavy atom. The lowest BCUT2D eigenvalue weighted by Gasteiger charge is -2.20. The normalized spacial score (nSPS) is 22.9. The molecule has 0 aromatic carbocycles. The van der Waals surface area contributed by atoms with Crippen molar-refractivity contribution in [1.82, 2.24) is 9.88 Å². The molecule has 1 fully saturated rings. The summed E-state index contributed by atoms with van der Waals surface area (Å²) in [5, 5.41) is 0.592. The van der Waals surface area contributed by atoms with E-state index in [9.17, 15) is 0 Å². The first-order chi connectivity index (χ1) is 6.75. The van der Waals surface area contributed by atoms with Crippen LogP contribution in [-0.4, -0.2) is 22.5 Å². The van der Waals surface area contributed by atoms with E-state index in [-0.39, 0.29) is 0 Å². The Balaban J connectivity index is 2.03. The summed E-state index contributed by atoms with van der Waals surface area (Å²) in [6, 6.07) is 4.70. The molecule has 3 heteroatoms. The predicted molar refractivity (Wildman–Crippen MR) is 58.4 cm³/mol. The van der Waals surface area contributed by atoms with Crippen molar-refractivity contribution in [3.63, 3.8) is 0 Å². The van der Waals surface area contributed by atoms with Crippen molar-refractivity contribution in [2.75, 3.05) is 6.54 Å². The first kappa shape index (κ1) is 9.94. The first-order valence-electron chi connectivity index (χ1n) is 5.10. The highest BCUT2D eigenvalue weighted by atomic mass is 35.5. The largest absolute Gasteiger partial charge is 0.296 e. The van der Waals surface area contributed by atoms with Crippen LogP contribution in [0, 0.1) is 0 Å². The quantitative estimate of drug-likeness (QED) is 0.698. The molecule has 0 amide bonds. The van der Waals surface area contributed by atoms with Crippen molar-refractivity contribution >= 4 is 11.6 Å². The summed E-state index contributed by atoms with van der Waals surface area (Å²) in [5.41, 5.74) is 1.26. The van der Waals surface area contributed by atoms with Gasteiger partial charge in [-0.1, -0.05) is 11.6 Å². The van der Waals surface area contributed by atoms with Gasteiger partial charge in [0.2, 0.25) is 0 Å². The van der Waals surface area contributed by atoms with Crippen LogP contribution in [0.5, 0.6) is 0 Å². The van der Waals surface area contributed by atoms with Crippen LogP contribution >= 0.6 is 11.6 Å². The summed E-state index contributed by atoms with van der Waals surface area (Å²) < 4.78 is 0. The molecule has 2 heterocycles. The van der Waals surface area contributed by atoms with Gasteiger partial charge in [-0.15, -0.1) is 0 Å². The maximum atomic E-state index is 5.84. The minimum atomic E-state index is 0.592. The van der Waals surface area contributed by atoms with E-state index in [0.717, 1.165) is 6.54 Å². The van der Waals surface area contributed by atoms with Crippen LogP contribution in [0.2, 0.25) is 5.15 Å². The van der Waals surface area contributed by atoms with E-state index >= 15 is 0 Å². The van der Waals surface area contributed by atoms with Crippen LogP contribution in [-0.2, 0) is 6.54 Å². The monoisotopic (exact) mass is 210 g/mol. The second-order valence-electron chi connectivity index (χ2n) is 3.95. The minimum Gasteiger partial charge on any atom is -0.296 e. The molecule has 14 heavy (non-hydrogen) atoms. The van der Waals surface area contributed by atoms with Crippen LogP contribution in [0.15, 0.2) is 18.3 Å². The zero-order valence-corrected chi connectivity index (χ0v) is 9.17. The van der Waals surface area contributed by atoms with Crippen molar-refractivity contribution in [2.45, 2.75) is 32.4 Å². The van der Waals surface area contributed by atoms with Gasteiger partial charge >= 0.3 is 0 Å². The Hall–Kier alpha value is -0.600. The predicted octanol–water partition coefficient (Wildman–Crippen LogP) is 2.72. The molecule has 0 aliphatic carbocycles. The molecule has 0 saturated carbocycles.